The molecule has 15 nitrogen and oxygen atoms in total. The van der Waals surface area contributed by atoms with Crippen molar-refractivity contribution in [2.45, 2.75) is 72.6 Å². The SMILES string of the molecule is Cc1nn(CC(=O)NC(C)C)cc1-c1ccc(-c2cnc(C(=O)Nc3ccc(C(=O)N4CCN(C(=O)C5CCN(C(=O)OC(C)(C)C)CC5)CC4)c(Cl)c3)n2C)c(F)c1F. The minimum absolute atomic E-state index is 0.0138. The van der Waals surface area contributed by atoms with Crippen LogP contribution in [0.4, 0.5) is 19.3 Å². The van der Waals surface area contributed by atoms with Crippen LogP contribution in [0.15, 0.2) is 42.7 Å². The zero-order valence-electron chi connectivity index (χ0n) is 34.8. The number of ether oxygens (including phenoxy) is 1. The second-order valence-electron chi connectivity index (χ2n) is 16.4. The first kappa shape index (κ1) is 43.7. The van der Waals surface area contributed by atoms with Gasteiger partial charge in [0.1, 0.15) is 12.1 Å². The number of aromatic nitrogens is 4. The summed E-state index contributed by atoms with van der Waals surface area (Å²) in [7, 11) is 1.50. The van der Waals surface area contributed by atoms with Crippen LogP contribution in [-0.2, 0) is 27.9 Å². The highest BCUT2D eigenvalue weighted by atomic mass is 35.5. The maximum Gasteiger partial charge on any atom is 0.410 e. The number of likely N-dealkylation sites (tertiary alicyclic amines) is 1. The average molecular weight is 850 g/mol. The molecule has 2 aromatic heterocycles. The monoisotopic (exact) mass is 849 g/mol. The number of hydrogen-bond donors (Lipinski definition) is 2. The highest BCUT2D eigenvalue weighted by Gasteiger charge is 2.34. The fourth-order valence-electron chi connectivity index (χ4n) is 7.35. The number of piperazine rings is 1. The molecule has 4 heterocycles. The molecule has 60 heavy (non-hydrogen) atoms. The summed E-state index contributed by atoms with van der Waals surface area (Å²) in [5.41, 5.74) is 0.632. The maximum atomic E-state index is 15.7. The minimum Gasteiger partial charge on any atom is -0.444 e. The van der Waals surface area contributed by atoms with Crippen LogP contribution >= 0.6 is 11.6 Å². The first-order valence-electron chi connectivity index (χ1n) is 19.8. The predicted molar refractivity (Wildman–Crippen MR) is 220 cm³/mol. The van der Waals surface area contributed by atoms with E-state index < -0.39 is 23.1 Å². The molecule has 2 aliphatic rings. The third kappa shape index (κ3) is 9.78. The molecule has 4 aromatic rings. The molecule has 320 valence electrons. The van der Waals surface area contributed by atoms with Crippen molar-refractivity contribution >= 4 is 47.0 Å². The number of rotatable bonds is 9. The van der Waals surface area contributed by atoms with Crippen molar-refractivity contribution in [2.75, 3.05) is 44.6 Å². The largest absolute Gasteiger partial charge is 0.444 e. The topological polar surface area (TPSA) is 164 Å². The Labute approximate surface area is 352 Å². The lowest BCUT2D eigenvalue weighted by atomic mass is 9.95. The van der Waals surface area contributed by atoms with Crippen LogP contribution in [0.5, 0.6) is 0 Å². The van der Waals surface area contributed by atoms with Crippen molar-refractivity contribution in [2.24, 2.45) is 13.0 Å². The summed E-state index contributed by atoms with van der Waals surface area (Å²) in [6.07, 6.45) is 3.46. The van der Waals surface area contributed by atoms with Gasteiger partial charge >= 0.3 is 6.09 Å². The first-order valence-corrected chi connectivity index (χ1v) is 20.2. The van der Waals surface area contributed by atoms with E-state index in [0.29, 0.717) is 63.4 Å². The molecule has 0 bridgehead atoms. The normalized spacial score (nSPS) is 15.0. The third-order valence-electron chi connectivity index (χ3n) is 10.4. The second-order valence-corrected chi connectivity index (χ2v) is 16.8. The van der Waals surface area contributed by atoms with Crippen molar-refractivity contribution in [3.8, 4) is 22.4 Å². The van der Waals surface area contributed by atoms with Gasteiger partial charge in [0.15, 0.2) is 17.5 Å². The van der Waals surface area contributed by atoms with Crippen molar-refractivity contribution in [3.63, 3.8) is 0 Å². The Bertz CT molecular complexity index is 2300. The number of piperidine rings is 1. The molecule has 2 N–H and O–H groups in total. The number of hydrogen-bond acceptors (Lipinski definition) is 8. The predicted octanol–water partition coefficient (Wildman–Crippen LogP) is 5.90. The van der Waals surface area contributed by atoms with E-state index in [1.807, 2.05) is 34.6 Å². The van der Waals surface area contributed by atoms with Crippen molar-refractivity contribution in [3.05, 3.63) is 76.5 Å². The van der Waals surface area contributed by atoms with E-state index in [2.05, 4.69) is 20.7 Å². The molecule has 0 radical (unpaired) electrons. The number of halogens is 3. The van der Waals surface area contributed by atoms with Gasteiger partial charge in [0.05, 0.1) is 28.2 Å². The molecule has 0 atom stereocenters. The van der Waals surface area contributed by atoms with Gasteiger partial charge in [-0.15, -0.1) is 0 Å². The van der Waals surface area contributed by atoms with Crippen LogP contribution in [0.3, 0.4) is 0 Å². The van der Waals surface area contributed by atoms with Gasteiger partial charge in [-0.25, -0.2) is 18.6 Å². The molecule has 0 aliphatic carbocycles. The lowest BCUT2D eigenvalue weighted by Gasteiger charge is -2.38. The van der Waals surface area contributed by atoms with Crippen molar-refractivity contribution in [1.29, 1.82) is 0 Å². The van der Waals surface area contributed by atoms with Crippen molar-refractivity contribution in [1.82, 2.24) is 39.3 Å². The molecule has 2 saturated heterocycles. The lowest BCUT2D eigenvalue weighted by Crippen LogP contribution is -2.53. The summed E-state index contributed by atoms with van der Waals surface area (Å²) in [5, 5.41) is 9.85. The molecule has 6 rings (SSSR count). The zero-order chi connectivity index (χ0) is 43.6. The van der Waals surface area contributed by atoms with E-state index >= 15 is 8.78 Å². The smallest absolute Gasteiger partial charge is 0.410 e. The highest BCUT2D eigenvalue weighted by Crippen LogP contribution is 2.33. The number of imidazole rings is 1. The fourth-order valence-corrected chi connectivity index (χ4v) is 7.61. The second kappa shape index (κ2) is 17.8. The molecule has 0 spiro atoms. The molecule has 18 heteroatoms. The van der Waals surface area contributed by atoms with E-state index in [-0.39, 0.29) is 81.2 Å². The van der Waals surface area contributed by atoms with E-state index in [4.69, 9.17) is 16.3 Å². The Kier molecular flexibility index (Phi) is 13.0. The summed E-state index contributed by atoms with van der Waals surface area (Å²) >= 11 is 6.56. The van der Waals surface area contributed by atoms with Crippen LogP contribution in [-0.4, -0.2) is 115 Å². The van der Waals surface area contributed by atoms with Gasteiger partial charge in [-0.3, -0.25) is 23.9 Å². The van der Waals surface area contributed by atoms with Gasteiger partial charge < -0.3 is 34.6 Å². The molecule has 5 amide bonds. The van der Waals surface area contributed by atoms with Crippen LogP contribution in [0, 0.1) is 24.5 Å². The first-order chi connectivity index (χ1) is 28.3. The van der Waals surface area contributed by atoms with Gasteiger partial charge in [-0.05, 0) is 78.6 Å². The highest BCUT2D eigenvalue weighted by molar-refractivity contribution is 6.34. The summed E-state index contributed by atoms with van der Waals surface area (Å²) in [6, 6.07) is 7.21. The standard InChI is InChI=1S/C42H50ClF2N9O6/c1-24(2)47-34(55)23-54-22-31(25(3)49-54)28-10-11-30(36(45)35(28)44)33-21-46-37(50(33)7)38(56)48-27-8-9-29(32(43)20-27)40(58)52-18-16-51(17-19-52)39(57)26-12-14-53(15-13-26)41(59)60-42(4,5)6/h8-11,20-22,24,26H,12-19,23H2,1-7H3,(H,47,55)(H,48,56). The molecule has 0 saturated carbocycles. The number of carbonyl (C=O) groups is 5. The fraction of sp³-hybridized carbons (Fsp3) is 0.452. The summed E-state index contributed by atoms with van der Waals surface area (Å²) in [5.74, 6) is -3.80. The van der Waals surface area contributed by atoms with E-state index in [0.717, 1.165) is 0 Å². The van der Waals surface area contributed by atoms with Gasteiger partial charge in [-0.2, -0.15) is 5.10 Å². The zero-order valence-corrected chi connectivity index (χ0v) is 35.5. The summed E-state index contributed by atoms with van der Waals surface area (Å²) in [4.78, 5) is 74.0. The number of carbonyl (C=O) groups excluding carboxylic acids is 5. The van der Waals surface area contributed by atoms with Crippen LogP contribution in [0.25, 0.3) is 22.4 Å². The van der Waals surface area contributed by atoms with Gasteiger partial charge in [0, 0.05) is 86.9 Å². The van der Waals surface area contributed by atoms with Gasteiger partial charge in [-0.1, -0.05) is 17.7 Å². The number of anilines is 1. The molecule has 2 fully saturated rings. The Balaban J connectivity index is 1.04. The van der Waals surface area contributed by atoms with Gasteiger partial charge in [0.25, 0.3) is 11.8 Å². The van der Waals surface area contributed by atoms with E-state index in [9.17, 15) is 24.0 Å². The van der Waals surface area contributed by atoms with E-state index in [1.165, 1.54) is 59.0 Å². The number of aryl methyl sites for hydroxylation is 1. The molecule has 2 aromatic carbocycles. The third-order valence-corrected chi connectivity index (χ3v) is 10.7. The number of nitrogens with zero attached hydrogens (tertiary/aromatic N) is 7. The summed E-state index contributed by atoms with van der Waals surface area (Å²) < 4.78 is 39.4. The average Bonchev–Trinajstić information content (AvgIpc) is 3.75. The summed E-state index contributed by atoms with van der Waals surface area (Å²) in [6.45, 7) is 12.9. The number of nitrogens with one attached hydrogen (secondary N) is 2. The Hall–Kier alpha value is -5.84. The minimum atomic E-state index is -1.15. The van der Waals surface area contributed by atoms with Crippen LogP contribution in [0.2, 0.25) is 5.02 Å². The Morgan fingerprint density at radius 3 is 2.17 bits per heavy atom. The molecular weight excluding hydrogens is 800 g/mol. The Morgan fingerprint density at radius 1 is 0.900 bits per heavy atom. The molecule has 0 unspecified atom stereocenters. The van der Waals surface area contributed by atoms with Crippen LogP contribution in [0.1, 0.15) is 74.1 Å². The van der Waals surface area contributed by atoms with Crippen molar-refractivity contribution < 1.29 is 37.5 Å². The maximum absolute atomic E-state index is 15.7. The van der Waals surface area contributed by atoms with E-state index in [1.54, 1.807) is 21.6 Å². The number of benzene rings is 2. The Morgan fingerprint density at radius 2 is 1.53 bits per heavy atom. The van der Waals surface area contributed by atoms with Gasteiger partial charge in [0.2, 0.25) is 11.8 Å². The quantitative estimate of drug-likeness (QED) is 0.210. The molecule has 2 aliphatic heterocycles. The molecular formula is C42H50ClF2N9O6. The number of amides is 5. The lowest BCUT2D eigenvalue weighted by molar-refractivity contribution is -0.138. The van der Waals surface area contributed by atoms with Crippen LogP contribution < -0.4 is 10.6 Å².